The van der Waals surface area contributed by atoms with E-state index >= 15 is 0 Å². The summed E-state index contributed by atoms with van der Waals surface area (Å²) in [6.07, 6.45) is 2.87. The van der Waals surface area contributed by atoms with Gasteiger partial charge >= 0.3 is 11.9 Å². The molecule has 0 aromatic carbocycles. The highest BCUT2D eigenvalue weighted by Crippen LogP contribution is 2.45. The van der Waals surface area contributed by atoms with Crippen molar-refractivity contribution >= 4 is 92.8 Å². The summed E-state index contributed by atoms with van der Waals surface area (Å²) in [5.74, 6) is -2.03. The molecule has 44 heavy (non-hydrogen) atoms. The first-order valence-corrected chi connectivity index (χ1v) is 16.9. The normalized spacial score (nSPS) is 18.7. The van der Waals surface area contributed by atoms with Crippen LogP contribution >= 0.6 is 58.2 Å². The highest BCUT2D eigenvalue weighted by atomic mass is 35.5. The maximum Gasteiger partial charge on any atom is 0.353 e. The Balaban J connectivity index is 1.35. The number of nitrogen functional groups attached to an aromatic ring is 1. The Morgan fingerprint density at radius 1 is 1.30 bits per heavy atom. The van der Waals surface area contributed by atoms with Crippen molar-refractivity contribution in [1.82, 2.24) is 25.5 Å². The largest absolute Gasteiger partial charge is 0.481 e. The summed E-state index contributed by atoms with van der Waals surface area (Å²) < 4.78 is 0.101. The molecule has 2 amide bonds. The number of rotatable bonds is 14. The maximum atomic E-state index is 12.8. The summed E-state index contributed by atoms with van der Waals surface area (Å²) in [7, 11) is 0. The van der Waals surface area contributed by atoms with Crippen molar-refractivity contribution in [3.05, 3.63) is 44.7 Å². The fourth-order valence-electron chi connectivity index (χ4n) is 4.23. The average molecular weight is 703 g/mol. The minimum atomic E-state index is -1.15. The van der Waals surface area contributed by atoms with Crippen molar-refractivity contribution in [3.8, 4) is 0 Å². The number of carboxylic acids is 2. The van der Waals surface area contributed by atoms with Crippen LogP contribution in [0.2, 0.25) is 4.34 Å². The molecular formula is C24H27ClN8O7S4. The summed E-state index contributed by atoms with van der Waals surface area (Å²) in [4.78, 5) is 59.1. The topological polar surface area (TPSA) is 246 Å². The van der Waals surface area contributed by atoms with Gasteiger partial charge in [-0.15, -0.1) is 11.8 Å². The van der Waals surface area contributed by atoms with Gasteiger partial charge in [-0.3, -0.25) is 19.4 Å². The minimum Gasteiger partial charge on any atom is -0.481 e. The molecule has 2 aromatic rings. The lowest BCUT2D eigenvalue weighted by molar-refractivity contribution is -0.139. The summed E-state index contributed by atoms with van der Waals surface area (Å²) in [5.41, 5.74) is 11.8. The predicted octanol–water partition coefficient (Wildman–Crippen LogP) is 1.07. The standard InChI is InChI=1S/C24H27ClN8O7S4/c25-19-16(31-24(27)44-19)17(32-40)21(37)30-12-7-33-18(23(38)39)14(9-42-22(12)33)43-13-1-2-28-6-10(13)8-41-4-3-29-20(36)11(26)5-15(34)35/h1-2,6,11-12,22,40H,3-5,7-9,26H2,(H2,27,31)(H,29,36)(H,30,37)(H,34,35)(H,38,39)/b32-17+/t11-,12?,22?/m0/s1. The zero-order valence-electron chi connectivity index (χ0n) is 22.6. The van der Waals surface area contributed by atoms with Crippen molar-refractivity contribution in [2.75, 3.05) is 30.3 Å². The number of hydrogen-bond acceptors (Lipinski definition) is 15. The lowest BCUT2D eigenvalue weighted by atomic mass is 10.1. The van der Waals surface area contributed by atoms with Gasteiger partial charge in [-0.05, 0) is 11.6 Å². The highest BCUT2D eigenvalue weighted by molar-refractivity contribution is 8.06. The van der Waals surface area contributed by atoms with Crippen LogP contribution in [0.5, 0.6) is 0 Å². The van der Waals surface area contributed by atoms with Crippen molar-refractivity contribution in [2.24, 2.45) is 10.9 Å². The van der Waals surface area contributed by atoms with Crippen LogP contribution in [0.25, 0.3) is 0 Å². The number of nitrogens with one attached hydrogen (secondary N) is 2. The van der Waals surface area contributed by atoms with E-state index in [2.05, 4.69) is 25.8 Å². The van der Waals surface area contributed by atoms with Crippen molar-refractivity contribution in [2.45, 2.75) is 34.5 Å². The number of aliphatic carboxylic acids is 2. The van der Waals surface area contributed by atoms with E-state index in [-0.39, 0.29) is 38.5 Å². The van der Waals surface area contributed by atoms with Crippen LogP contribution in [0.3, 0.4) is 0 Å². The quantitative estimate of drug-likeness (QED) is 0.0630. The molecule has 2 aromatic heterocycles. The molecule has 1 saturated heterocycles. The Hall–Kier alpha value is -3.23. The van der Waals surface area contributed by atoms with E-state index in [0.29, 0.717) is 28.7 Å². The monoisotopic (exact) mass is 702 g/mol. The number of carboxylic acid groups (broad SMARTS) is 2. The summed E-state index contributed by atoms with van der Waals surface area (Å²) in [6.45, 7) is 0.525. The SMILES string of the molecule is Nc1nc(/C(=N\O)C(=O)NC2CN3C(C(=O)O)=C(Sc4ccncc4CSCCNC(=O)[C@@H](N)CC(=O)O)CSC23)c(Cl)s1. The number of thiazole rings is 1. The molecule has 15 nitrogen and oxygen atoms in total. The Kier molecular flexibility index (Phi) is 11.6. The number of halogens is 1. The molecule has 2 aliphatic heterocycles. The first-order valence-electron chi connectivity index (χ1n) is 12.7. The van der Waals surface area contributed by atoms with E-state index in [4.69, 9.17) is 28.2 Å². The van der Waals surface area contributed by atoms with Gasteiger partial charge in [0.1, 0.15) is 15.7 Å². The third-order valence-electron chi connectivity index (χ3n) is 6.27. The highest BCUT2D eigenvalue weighted by Gasteiger charge is 2.47. The number of aromatic nitrogens is 2. The second-order valence-electron chi connectivity index (χ2n) is 9.27. The predicted molar refractivity (Wildman–Crippen MR) is 169 cm³/mol. The van der Waals surface area contributed by atoms with Crippen LogP contribution in [0.15, 0.2) is 39.1 Å². The Morgan fingerprint density at radius 2 is 2.07 bits per heavy atom. The molecule has 0 radical (unpaired) electrons. The van der Waals surface area contributed by atoms with E-state index in [1.54, 1.807) is 17.3 Å². The van der Waals surface area contributed by atoms with Gasteiger partial charge in [-0.2, -0.15) is 11.8 Å². The van der Waals surface area contributed by atoms with Gasteiger partial charge in [-0.25, -0.2) is 9.78 Å². The molecule has 4 heterocycles. The van der Waals surface area contributed by atoms with E-state index in [9.17, 15) is 29.5 Å². The Bertz CT molecular complexity index is 1510. The number of oxime groups is 1. The molecular weight excluding hydrogens is 676 g/mol. The average Bonchev–Trinajstić information content (AvgIpc) is 3.29. The van der Waals surface area contributed by atoms with Gasteiger partial charge < -0.3 is 42.4 Å². The van der Waals surface area contributed by atoms with E-state index in [1.165, 1.54) is 35.3 Å². The van der Waals surface area contributed by atoms with Crippen LogP contribution in [-0.2, 0) is 24.9 Å². The van der Waals surface area contributed by atoms with Crippen LogP contribution in [-0.4, -0.2) is 102 Å². The molecule has 0 bridgehead atoms. The van der Waals surface area contributed by atoms with Gasteiger partial charge in [0.25, 0.3) is 5.91 Å². The van der Waals surface area contributed by atoms with Crippen LogP contribution in [0.1, 0.15) is 17.7 Å². The minimum absolute atomic E-state index is 0.0394. The molecule has 20 heteroatoms. The third-order valence-corrected chi connectivity index (χ3v) is 11.1. The molecule has 0 saturated carbocycles. The number of carbonyl (C=O) groups is 4. The lowest BCUT2D eigenvalue weighted by Gasteiger charge is -2.51. The number of anilines is 1. The third kappa shape index (κ3) is 8.07. The Labute approximate surface area is 272 Å². The maximum absolute atomic E-state index is 12.8. The van der Waals surface area contributed by atoms with Crippen molar-refractivity contribution < 1.29 is 34.6 Å². The first kappa shape index (κ1) is 33.7. The number of carbonyl (C=O) groups excluding carboxylic acids is 2. The number of thioether (sulfide) groups is 3. The summed E-state index contributed by atoms with van der Waals surface area (Å²) in [6, 6.07) is 0.268. The molecule has 0 aliphatic carbocycles. The second-order valence-corrected chi connectivity index (χ2v) is 14.2. The van der Waals surface area contributed by atoms with Crippen molar-refractivity contribution in [1.29, 1.82) is 0 Å². The van der Waals surface area contributed by atoms with Gasteiger partial charge in [0.15, 0.2) is 10.8 Å². The van der Waals surface area contributed by atoms with Gasteiger partial charge in [0, 0.05) is 52.5 Å². The number of nitrogens with zero attached hydrogens (tertiary/aromatic N) is 4. The molecule has 236 valence electrons. The molecule has 1 fully saturated rings. The van der Waals surface area contributed by atoms with E-state index < -0.39 is 42.3 Å². The first-order chi connectivity index (χ1) is 21.0. The van der Waals surface area contributed by atoms with Gasteiger partial charge in [0.2, 0.25) is 5.91 Å². The molecule has 0 spiro atoms. The molecule has 2 aliphatic rings. The number of pyridine rings is 1. The Morgan fingerprint density at radius 3 is 2.73 bits per heavy atom. The van der Waals surface area contributed by atoms with Crippen LogP contribution in [0, 0.1) is 0 Å². The van der Waals surface area contributed by atoms with E-state index in [0.717, 1.165) is 21.8 Å². The van der Waals surface area contributed by atoms with Gasteiger partial charge in [-0.1, -0.05) is 39.9 Å². The summed E-state index contributed by atoms with van der Waals surface area (Å²) >= 11 is 11.3. The zero-order chi connectivity index (χ0) is 32.0. The summed E-state index contributed by atoms with van der Waals surface area (Å²) in [5, 5.41) is 36.5. The number of hydrogen-bond donors (Lipinski definition) is 7. The van der Waals surface area contributed by atoms with Crippen molar-refractivity contribution in [3.63, 3.8) is 0 Å². The fraction of sp³-hybridized carbons (Fsp3) is 0.375. The molecule has 3 atom stereocenters. The van der Waals surface area contributed by atoms with E-state index in [1.807, 2.05) is 6.07 Å². The smallest absolute Gasteiger partial charge is 0.353 e. The second kappa shape index (κ2) is 15.2. The van der Waals surface area contributed by atoms with Crippen LogP contribution in [0.4, 0.5) is 5.13 Å². The van der Waals surface area contributed by atoms with Crippen LogP contribution < -0.4 is 22.1 Å². The number of fused-ring (bicyclic) bond motifs is 1. The zero-order valence-corrected chi connectivity index (χ0v) is 26.7. The van der Waals surface area contributed by atoms with Gasteiger partial charge in [0.05, 0.1) is 23.9 Å². The number of amides is 2. The molecule has 9 N–H and O–H groups in total. The molecule has 4 rings (SSSR count). The fourth-order valence-corrected chi connectivity index (χ4v) is 8.70. The molecule has 2 unspecified atom stereocenters. The number of nitrogens with two attached hydrogens (primary N) is 2. The lowest BCUT2D eigenvalue weighted by Crippen LogP contribution is -2.67.